The molecule has 0 aliphatic carbocycles. The Kier molecular flexibility index (Phi) is 23.5. The first-order valence-electron chi connectivity index (χ1n) is 19.1. The normalized spacial score (nSPS) is 30.2. The van der Waals surface area contributed by atoms with Gasteiger partial charge in [-0.1, -0.05) is 103 Å². The van der Waals surface area contributed by atoms with Crippen LogP contribution in [0.25, 0.3) is 0 Å². The molecule has 2 rings (SSSR count). The van der Waals surface area contributed by atoms with Crippen LogP contribution in [-0.2, 0) is 38.0 Å². The van der Waals surface area contributed by atoms with Gasteiger partial charge in [-0.25, -0.2) is 0 Å². The van der Waals surface area contributed by atoms with Crippen LogP contribution in [0.15, 0.2) is 0 Å². The van der Waals surface area contributed by atoms with E-state index in [0.29, 0.717) is 6.42 Å². The molecule has 300 valence electrons. The molecule has 7 N–H and O–H groups in total. The summed E-state index contributed by atoms with van der Waals surface area (Å²) < 4.78 is 32.4. The second-order valence-corrected chi connectivity index (χ2v) is 13.8. The molecule has 0 spiro atoms. The van der Waals surface area contributed by atoms with E-state index in [1.165, 1.54) is 84.0 Å². The van der Waals surface area contributed by atoms with E-state index < -0.39 is 92.7 Å². The van der Waals surface area contributed by atoms with Crippen LogP contribution in [0.4, 0.5) is 0 Å². The van der Waals surface area contributed by atoms with E-state index in [9.17, 15) is 45.3 Å². The number of hydrogen-bond acceptors (Lipinski definition) is 15. The van der Waals surface area contributed by atoms with Crippen molar-refractivity contribution in [3.8, 4) is 0 Å². The highest BCUT2D eigenvalue weighted by Gasteiger charge is 2.47. The molecule has 0 saturated carbocycles. The van der Waals surface area contributed by atoms with Crippen molar-refractivity contribution in [1.82, 2.24) is 0 Å². The first kappa shape index (κ1) is 45.7. The molecule has 2 aliphatic heterocycles. The number of aliphatic hydroxyl groups excluding tert-OH is 7. The average Bonchev–Trinajstić information content (AvgIpc) is 3.11. The monoisotopic (exact) mass is 738 g/mol. The fourth-order valence-electron chi connectivity index (χ4n) is 6.18. The van der Waals surface area contributed by atoms with E-state index in [1.807, 2.05) is 0 Å². The summed E-state index contributed by atoms with van der Waals surface area (Å²) in [5.74, 6) is -1.11. The minimum Gasteiger partial charge on any atom is -0.462 e. The quantitative estimate of drug-likeness (QED) is 0.0470. The Balaban J connectivity index is 1.70. The maximum atomic E-state index is 12.6. The molecule has 0 aromatic carbocycles. The number of hydrogen-bond donors (Lipinski definition) is 7. The Morgan fingerprint density at radius 1 is 0.588 bits per heavy atom. The summed E-state index contributed by atoms with van der Waals surface area (Å²) in [5, 5.41) is 70.9. The van der Waals surface area contributed by atoms with Crippen molar-refractivity contribution in [1.29, 1.82) is 0 Å². The van der Waals surface area contributed by atoms with Gasteiger partial charge in [-0.2, -0.15) is 0 Å². The molecule has 0 aromatic rings. The van der Waals surface area contributed by atoms with Gasteiger partial charge in [-0.3, -0.25) is 9.59 Å². The van der Waals surface area contributed by atoms with Crippen LogP contribution >= 0.6 is 0 Å². The Labute approximate surface area is 302 Å². The van der Waals surface area contributed by atoms with Crippen molar-refractivity contribution in [2.45, 2.75) is 191 Å². The summed E-state index contributed by atoms with van der Waals surface area (Å²) in [5.41, 5.74) is 0. The number of ether oxygens (including phenoxy) is 6. The SMILES string of the molecule is CCCCCCCCCCCCCCCCCCC(=O)OC(COC(C)=O)COC1OC(COC2OC(CO)C(O)C(O)C2O)C(O)C(O)C1O. The molecular formula is C36H66O15. The summed E-state index contributed by atoms with van der Waals surface area (Å²) in [4.78, 5) is 24.0. The minimum atomic E-state index is -1.75. The van der Waals surface area contributed by atoms with Gasteiger partial charge < -0.3 is 64.2 Å². The van der Waals surface area contributed by atoms with Gasteiger partial charge in [-0.05, 0) is 6.42 Å². The topological polar surface area (TPSA) is 231 Å². The highest BCUT2D eigenvalue weighted by atomic mass is 16.7. The van der Waals surface area contributed by atoms with Crippen molar-refractivity contribution in [3.05, 3.63) is 0 Å². The molecule has 2 aliphatic rings. The van der Waals surface area contributed by atoms with E-state index in [-0.39, 0.29) is 19.6 Å². The first-order valence-corrected chi connectivity index (χ1v) is 19.1. The molecule has 11 atom stereocenters. The lowest BCUT2D eigenvalue weighted by Crippen LogP contribution is -2.61. The smallest absolute Gasteiger partial charge is 0.306 e. The molecule has 2 heterocycles. The molecule has 0 aromatic heterocycles. The number of aliphatic hydroxyl groups is 7. The van der Waals surface area contributed by atoms with Gasteiger partial charge in [0, 0.05) is 13.3 Å². The second kappa shape index (κ2) is 26.3. The Morgan fingerprint density at radius 3 is 1.53 bits per heavy atom. The van der Waals surface area contributed by atoms with Gasteiger partial charge in [0.25, 0.3) is 0 Å². The molecule has 11 unspecified atom stereocenters. The van der Waals surface area contributed by atoms with Crippen LogP contribution in [0.3, 0.4) is 0 Å². The van der Waals surface area contributed by atoms with Crippen LogP contribution in [0.2, 0.25) is 0 Å². The highest BCUT2D eigenvalue weighted by molar-refractivity contribution is 5.69. The first-order chi connectivity index (χ1) is 24.5. The van der Waals surface area contributed by atoms with Gasteiger partial charge in [0.2, 0.25) is 0 Å². The van der Waals surface area contributed by atoms with Crippen LogP contribution in [0, 0.1) is 0 Å². The molecule has 51 heavy (non-hydrogen) atoms. The minimum absolute atomic E-state index is 0.167. The van der Waals surface area contributed by atoms with E-state index in [2.05, 4.69) is 6.92 Å². The van der Waals surface area contributed by atoms with Crippen molar-refractivity contribution in [2.24, 2.45) is 0 Å². The summed E-state index contributed by atoms with van der Waals surface area (Å²) >= 11 is 0. The van der Waals surface area contributed by atoms with Crippen LogP contribution in [0.1, 0.15) is 123 Å². The third-order valence-electron chi connectivity index (χ3n) is 9.39. The van der Waals surface area contributed by atoms with Crippen LogP contribution < -0.4 is 0 Å². The lowest BCUT2D eigenvalue weighted by molar-refractivity contribution is -0.332. The Morgan fingerprint density at radius 2 is 1.04 bits per heavy atom. The predicted octanol–water partition coefficient (Wildman–Crippen LogP) is 1.75. The Bertz CT molecular complexity index is 923. The van der Waals surface area contributed by atoms with E-state index in [0.717, 1.165) is 19.3 Å². The standard InChI is InChI=1S/C36H66O15/c1-3-4-5-6-7-8-9-10-11-12-13-14-15-16-17-18-19-28(39)49-25(21-46-24(2)38)22-47-35-34(45)32(43)30(41)27(51-35)23-48-36-33(44)31(42)29(40)26(20-37)50-36/h25-27,29-37,40-45H,3-23H2,1-2H3. The van der Waals surface area contributed by atoms with Crippen molar-refractivity contribution in [2.75, 3.05) is 26.4 Å². The van der Waals surface area contributed by atoms with Gasteiger partial charge in [0.05, 0.1) is 19.8 Å². The molecule has 2 saturated heterocycles. The van der Waals surface area contributed by atoms with E-state index in [1.54, 1.807) is 0 Å². The van der Waals surface area contributed by atoms with E-state index in [4.69, 9.17) is 28.4 Å². The molecule has 0 amide bonds. The third kappa shape index (κ3) is 17.5. The molecule has 2 fully saturated rings. The zero-order valence-corrected chi connectivity index (χ0v) is 30.6. The van der Waals surface area contributed by atoms with Crippen LogP contribution in [0.5, 0.6) is 0 Å². The number of unbranched alkanes of at least 4 members (excludes halogenated alkanes) is 15. The molecule has 15 nitrogen and oxygen atoms in total. The largest absolute Gasteiger partial charge is 0.462 e. The number of rotatable bonds is 27. The van der Waals surface area contributed by atoms with Gasteiger partial charge in [-0.15, -0.1) is 0 Å². The second-order valence-electron chi connectivity index (χ2n) is 13.8. The lowest BCUT2D eigenvalue weighted by atomic mass is 9.98. The zero-order chi connectivity index (χ0) is 37.6. The summed E-state index contributed by atoms with van der Waals surface area (Å²) in [7, 11) is 0. The van der Waals surface area contributed by atoms with Crippen molar-refractivity contribution < 1.29 is 73.8 Å². The predicted molar refractivity (Wildman–Crippen MR) is 183 cm³/mol. The Hall–Kier alpha value is -1.50. The third-order valence-corrected chi connectivity index (χ3v) is 9.39. The van der Waals surface area contributed by atoms with Gasteiger partial charge in [0.1, 0.15) is 55.4 Å². The average molecular weight is 739 g/mol. The maximum absolute atomic E-state index is 12.6. The summed E-state index contributed by atoms with van der Waals surface area (Å²) in [6.45, 7) is 1.53. The van der Waals surface area contributed by atoms with Gasteiger partial charge in [0.15, 0.2) is 18.7 Å². The van der Waals surface area contributed by atoms with Crippen LogP contribution in [-0.4, -0.2) is 142 Å². The molecule has 0 bridgehead atoms. The number of carbonyl (C=O) groups is 2. The summed E-state index contributed by atoms with van der Waals surface area (Å²) in [6.07, 6.45) is 2.78. The lowest BCUT2D eigenvalue weighted by Gasteiger charge is -2.42. The van der Waals surface area contributed by atoms with E-state index >= 15 is 0 Å². The zero-order valence-electron chi connectivity index (χ0n) is 30.6. The molecule has 15 heteroatoms. The highest BCUT2D eigenvalue weighted by Crippen LogP contribution is 2.26. The summed E-state index contributed by atoms with van der Waals surface area (Å²) in [6, 6.07) is 0. The van der Waals surface area contributed by atoms with Crippen molar-refractivity contribution in [3.63, 3.8) is 0 Å². The number of esters is 2. The molecule has 0 radical (unpaired) electrons. The van der Waals surface area contributed by atoms with Crippen molar-refractivity contribution >= 4 is 11.9 Å². The number of carbonyl (C=O) groups excluding carboxylic acids is 2. The fraction of sp³-hybridized carbons (Fsp3) is 0.944. The maximum Gasteiger partial charge on any atom is 0.306 e. The van der Waals surface area contributed by atoms with Gasteiger partial charge >= 0.3 is 11.9 Å². The molecular weight excluding hydrogens is 672 g/mol. The fourth-order valence-corrected chi connectivity index (χ4v) is 6.18.